The number of nitrogens with one attached hydrogen (secondary N) is 1. The van der Waals surface area contributed by atoms with Crippen molar-refractivity contribution in [2.75, 3.05) is 11.9 Å². The minimum atomic E-state index is -0.293. The largest absolute Gasteiger partial charge is 0.462 e. The van der Waals surface area contributed by atoms with Gasteiger partial charge in [0.2, 0.25) is 0 Å². The van der Waals surface area contributed by atoms with Crippen LogP contribution in [0.15, 0.2) is 72.8 Å². The number of aryl methyl sites for hydroxylation is 1. The van der Waals surface area contributed by atoms with Crippen molar-refractivity contribution < 1.29 is 9.53 Å². The molecule has 3 aromatic rings. The van der Waals surface area contributed by atoms with Crippen molar-refractivity contribution >= 4 is 11.7 Å². The molecule has 0 aliphatic heterocycles. The summed E-state index contributed by atoms with van der Waals surface area (Å²) in [7, 11) is 0. The molecule has 0 aliphatic carbocycles. The van der Waals surface area contributed by atoms with Gasteiger partial charge in [-0.1, -0.05) is 49.5 Å². The second-order valence-corrected chi connectivity index (χ2v) is 7.40. The molecule has 0 heterocycles. The summed E-state index contributed by atoms with van der Waals surface area (Å²) < 4.78 is 5.01. The molecule has 0 aliphatic rings. The summed E-state index contributed by atoms with van der Waals surface area (Å²) in [4.78, 5) is 11.7. The highest BCUT2D eigenvalue weighted by Gasteiger charge is 2.05. The van der Waals surface area contributed by atoms with Crippen LogP contribution >= 0.6 is 0 Å². The Labute approximate surface area is 185 Å². The highest BCUT2D eigenvalue weighted by Crippen LogP contribution is 2.13. The third kappa shape index (κ3) is 7.04. The lowest BCUT2D eigenvalue weighted by Crippen LogP contribution is -2.05. The molecule has 0 saturated heterocycles. The van der Waals surface area contributed by atoms with Crippen molar-refractivity contribution in [2.24, 2.45) is 0 Å². The highest BCUT2D eigenvalue weighted by molar-refractivity contribution is 5.89. The minimum absolute atomic E-state index is 0.293. The van der Waals surface area contributed by atoms with Gasteiger partial charge in [-0.3, -0.25) is 0 Å². The Bertz CT molecular complexity index is 1020. The Hall–Kier alpha value is -3.51. The summed E-state index contributed by atoms with van der Waals surface area (Å²) in [6.45, 7) is 5.10. The SMILES string of the molecule is CCCCc1ccc(C#Cc2ccc(CNc3ccc(C(=O)OCC)cc3)cc2)cc1. The van der Waals surface area contributed by atoms with E-state index in [1.54, 1.807) is 19.1 Å². The van der Waals surface area contributed by atoms with Gasteiger partial charge in [-0.05, 0) is 79.4 Å². The molecule has 31 heavy (non-hydrogen) atoms. The molecule has 0 aromatic heterocycles. The van der Waals surface area contributed by atoms with E-state index < -0.39 is 0 Å². The number of anilines is 1. The quantitative estimate of drug-likeness (QED) is 0.353. The molecule has 0 atom stereocenters. The molecule has 0 radical (unpaired) electrons. The Morgan fingerprint density at radius 2 is 1.39 bits per heavy atom. The fraction of sp³-hybridized carbons (Fsp3) is 0.250. The first-order chi connectivity index (χ1) is 15.2. The summed E-state index contributed by atoms with van der Waals surface area (Å²) in [5.74, 6) is 6.19. The Balaban J connectivity index is 1.52. The standard InChI is InChI=1S/C28H29NO2/c1-3-5-6-22-7-9-23(10-8-22)11-12-24-13-15-25(16-14-24)21-29-27-19-17-26(18-20-27)28(30)31-4-2/h7-10,13-20,29H,3-6,21H2,1-2H3. The maximum atomic E-state index is 11.7. The first-order valence-electron chi connectivity index (χ1n) is 10.9. The second kappa shape index (κ2) is 11.6. The van der Waals surface area contributed by atoms with Gasteiger partial charge in [0.1, 0.15) is 0 Å². The second-order valence-electron chi connectivity index (χ2n) is 7.40. The van der Waals surface area contributed by atoms with Gasteiger partial charge in [-0.15, -0.1) is 0 Å². The molecule has 3 nitrogen and oxygen atoms in total. The van der Waals surface area contributed by atoms with Gasteiger partial charge in [0.05, 0.1) is 12.2 Å². The molecule has 158 valence electrons. The van der Waals surface area contributed by atoms with Crippen LogP contribution in [0.4, 0.5) is 5.69 Å². The average molecular weight is 412 g/mol. The summed E-state index contributed by atoms with van der Waals surface area (Å²) in [6, 6.07) is 24.1. The van der Waals surface area contributed by atoms with Crippen LogP contribution in [0.5, 0.6) is 0 Å². The van der Waals surface area contributed by atoms with Gasteiger partial charge in [0, 0.05) is 23.4 Å². The molecule has 0 spiro atoms. The third-order valence-corrected chi connectivity index (χ3v) is 4.97. The number of rotatable bonds is 8. The predicted octanol–water partition coefficient (Wildman–Crippen LogP) is 6.22. The van der Waals surface area contributed by atoms with E-state index >= 15 is 0 Å². The lowest BCUT2D eigenvalue weighted by Gasteiger charge is -2.08. The monoisotopic (exact) mass is 411 g/mol. The van der Waals surface area contributed by atoms with Crippen molar-refractivity contribution in [3.05, 3.63) is 101 Å². The maximum Gasteiger partial charge on any atom is 0.338 e. The average Bonchev–Trinajstić information content (AvgIpc) is 2.82. The van der Waals surface area contributed by atoms with Gasteiger partial charge in [0.25, 0.3) is 0 Å². The van der Waals surface area contributed by atoms with E-state index in [0.29, 0.717) is 18.7 Å². The molecule has 3 rings (SSSR count). The van der Waals surface area contributed by atoms with E-state index in [1.807, 2.05) is 24.3 Å². The van der Waals surface area contributed by atoms with Crippen molar-refractivity contribution in [3.8, 4) is 11.8 Å². The first kappa shape index (κ1) is 22.2. The van der Waals surface area contributed by atoms with Gasteiger partial charge >= 0.3 is 5.97 Å². The van der Waals surface area contributed by atoms with E-state index in [9.17, 15) is 4.79 Å². The van der Waals surface area contributed by atoms with Crippen molar-refractivity contribution in [2.45, 2.75) is 39.7 Å². The van der Waals surface area contributed by atoms with E-state index in [1.165, 1.54) is 24.0 Å². The van der Waals surface area contributed by atoms with E-state index in [0.717, 1.165) is 23.2 Å². The Morgan fingerprint density at radius 1 is 0.806 bits per heavy atom. The number of hydrogen-bond donors (Lipinski definition) is 1. The molecule has 3 heteroatoms. The summed E-state index contributed by atoms with van der Waals surface area (Å²) in [5, 5.41) is 3.37. The van der Waals surface area contributed by atoms with Crippen LogP contribution in [0, 0.1) is 11.8 Å². The Morgan fingerprint density at radius 3 is 1.94 bits per heavy atom. The molecule has 0 amide bonds. The molecule has 3 aromatic carbocycles. The number of hydrogen-bond acceptors (Lipinski definition) is 3. The van der Waals surface area contributed by atoms with Crippen molar-refractivity contribution in [1.29, 1.82) is 0 Å². The van der Waals surface area contributed by atoms with Crippen molar-refractivity contribution in [1.82, 2.24) is 0 Å². The predicted molar refractivity (Wildman–Crippen MR) is 127 cm³/mol. The molecule has 0 bridgehead atoms. The van der Waals surface area contributed by atoms with E-state index in [2.05, 4.69) is 60.5 Å². The van der Waals surface area contributed by atoms with Crippen LogP contribution in [0.1, 0.15) is 59.3 Å². The number of carbonyl (C=O) groups is 1. The van der Waals surface area contributed by atoms with Crippen molar-refractivity contribution in [3.63, 3.8) is 0 Å². The zero-order valence-corrected chi connectivity index (χ0v) is 18.3. The number of ether oxygens (including phenoxy) is 1. The third-order valence-electron chi connectivity index (χ3n) is 4.97. The summed E-state index contributed by atoms with van der Waals surface area (Å²) >= 11 is 0. The van der Waals surface area contributed by atoms with Crippen LogP contribution in [0.25, 0.3) is 0 Å². The smallest absolute Gasteiger partial charge is 0.338 e. The van der Waals surface area contributed by atoms with E-state index in [4.69, 9.17) is 4.74 Å². The lowest BCUT2D eigenvalue weighted by molar-refractivity contribution is 0.0526. The molecule has 0 fully saturated rings. The minimum Gasteiger partial charge on any atom is -0.462 e. The van der Waals surface area contributed by atoms with Crippen LogP contribution in [0.3, 0.4) is 0 Å². The fourth-order valence-electron chi connectivity index (χ4n) is 3.13. The maximum absolute atomic E-state index is 11.7. The lowest BCUT2D eigenvalue weighted by atomic mass is 10.1. The van der Waals surface area contributed by atoms with Crippen LogP contribution < -0.4 is 5.32 Å². The normalized spacial score (nSPS) is 10.1. The van der Waals surface area contributed by atoms with Crippen LogP contribution in [0.2, 0.25) is 0 Å². The Kier molecular flexibility index (Phi) is 8.31. The molecule has 0 unspecified atom stereocenters. The number of esters is 1. The van der Waals surface area contributed by atoms with Gasteiger partial charge in [-0.25, -0.2) is 4.79 Å². The summed E-state index contributed by atoms with van der Waals surface area (Å²) in [5.41, 5.74) is 6.10. The van der Waals surface area contributed by atoms with E-state index in [-0.39, 0.29) is 5.97 Å². The van der Waals surface area contributed by atoms with Crippen LogP contribution in [-0.2, 0) is 17.7 Å². The molecule has 1 N–H and O–H groups in total. The zero-order chi connectivity index (χ0) is 21.9. The van der Waals surface area contributed by atoms with Gasteiger partial charge < -0.3 is 10.1 Å². The topological polar surface area (TPSA) is 38.3 Å². The molecular weight excluding hydrogens is 382 g/mol. The fourth-order valence-corrected chi connectivity index (χ4v) is 3.13. The first-order valence-corrected chi connectivity index (χ1v) is 10.9. The van der Waals surface area contributed by atoms with Gasteiger partial charge in [-0.2, -0.15) is 0 Å². The van der Waals surface area contributed by atoms with Crippen LogP contribution in [-0.4, -0.2) is 12.6 Å². The summed E-state index contributed by atoms with van der Waals surface area (Å²) in [6.07, 6.45) is 3.58. The number of carbonyl (C=O) groups excluding carboxylic acids is 1. The van der Waals surface area contributed by atoms with Gasteiger partial charge in [0.15, 0.2) is 0 Å². The number of unbranched alkanes of at least 4 members (excludes halogenated alkanes) is 1. The molecule has 0 saturated carbocycles. The molecular formula is C28H29NO2. The number of benzene rings is 3. The zero-order valence-electron chi connectivity index (χ0n) is 18.3. The highest BCUT2D eigenvalue weighted by atomic mass is 16.5.